The van der Waals surface area contributed by atoms with Gasteiger partial charge in [-0.15, -0.1) is 0 Å². The summed E-state index contributed by atoms with van der Waals surface area (Å²) in [5.41, 5.74) is 7.08. The molecule has 0 atom stereocenters. The second kappa shape index (κ2) is 7.00. The van der Waals surface area contributed by atoms with E-state index in [9.17, 15) is 18.0 Å². The molecule has 1 aliphatic heterocycles. The fourth-order valence-corrected chi connectivity index (χ4v) is 2.55. The van der Waals surface area contributed by atoms with Gasteiger partial charge in [0.15, 0.2) is 0 Å². The summed E-state index contributed by atoms with van der Waals surface area (Å²) in [6.45, 7) is 0.553. The second-order valence-corrected chi connectivity index (χ2v) is 5.54. The predicted octanol–water partition coefficient (Wildman–Crippen LogP) is 1.91. The van der Waals surface area contributed by atoms with Crippen molar-refractivity contribution < 1.29 is 18.0 Å². The molecule has 1 fully saturated rings. The van der Waals surface area contributed by atoms with Crippen molar-refractivity contribution in [3.8, 4) is 0 Å². The molecule has 1 saturated heterocycles. The van der Waals surface area contributed by atoms with Crippen molar-refractivity contribution in [2.45, 2.75) is 19.0 Å². The summed E-state index contributed by atoms with van der Waals surface area (Å²) in [5, 5.41) is 0. The van der Waals surface area contributed by atoms with Crippen LogP contribution in [-0.2, 0) is 11.2 Å². The molecule has 0 aromatic heterocycles. The zero-order valence-electron chi connectivity index (χ0n) is 12.3. The number of halogens is 3. The highest BCUT2D eigenvalue weighted by molar-refractivity contribution is 5.79. The van der Waals surface area contributed by atoms with E-state index in [0.717, 1.165) is 5.56 Å². The Morgan fingerprint density at radius 1 is 1.09 bits per heavy atom. The molecule has 2 rings (SSSR count). The molecule has 1 aromatic rings. The third kappa shape index (κ3) is 5.22. The number of rotatable bonds is 3. The van der Waals surface area contributed by atoms with Gasteiger partial charge in [0.2, 0.25) is 5.91 Å². The maximum absolute atomic E-state index is 12.4. The summed E-state index contributed by atoms with van der Waals surface area (Å²) in [6, 6.07) is 7.05. The Morgan fingerprint density at radius 3 is 2.41 bits per heavy atom. The highest BCUT2D eigenvalue weighted by atomic mass is 19.4. The average molecular weight is 315 g/mol. The van der Waals surface area contributed by atoms with Crippen LogP contribution in [0, 0.1) is 0 Å². The minimum absolute atomic E-state index is 0.0568. The van der Waals surface area contributed by atoms with Gasteiger partial charge < -0.3 is 10.6 Å². The molecule has 0 unspecified atom stereocenters. The van der Waals surface area contributed by atoms with E-state index >= 15 is 0 Å². The van der Waals surface area contributed by atoms with E-state index in [1.807, 2.05) is 0 Å². The predicted molar refractivity (Wildman–Crippen MR) is 78.3 cm³/mol. The van der Waals surface area contributed by atoms with Gasteiger partial charge in [-0.05, 0) is 24.1 Å². The molecule has 4 nitrogen and oxygen atoms in total. The topological polar surface area (TPSA) is 49.6 Å². The number of carbonyl (C=O) groups is 1. The summed E-state index contributed by atoms with van der Waals surface area (Å²) in [7, 11) is 0. The van der Waals surface area contributed by atoms with E-state index in [0.29, 0.717) is 31.7 Å². The van der Waals surface area contributed by atoms with Crippen LogP contribution in [0.1, 0.15) is 12.0 Å². The van der Waals surface area contributed by atoms with Crippen molar-refractivity contribution in [2.24, 2.45) is 0 Å². The lowest BCUT2D eigenvalue weighted by Crippen LogP contribution is -2.39. The summed E-state index contributed by atoms with van der Waals surface area (Å²) in [6.07, 6.45) is -3.38. The SMILES string of the molecule is Nc1ccc(CC(=O)N2CCCN(CC(F)(F)F)CC2)cc1. The maximum Gasteiger partial charge on any atom is 0.401 e. The largest absolute Gasteiger partial charge is 0.401 e. The molecule has 0 spiro atoms. The monoisotopic (exact) mass is 315 g/mol. The molecule has 22 heavy (non-hydrogen) atoms. The van der Waals surface area contributed by atoms with Crippen molar-refractivity contribution >= 4 is 11.6 Å². The maximum atomic E-state index is 12.4. The molecule has 0 radical (unpaired) electrons. The number of carbonyl (C=O) groups excluding carboxylic acids is 1. The minimum Gasteiger partial charge on any atom is -0.399 e. The lowest BCUT2D eigenvalue weighted by atomic mass is 10.1. The number of hydrogen-bond acceptors (Lipinski definition) is 3. The van der Waals surface area contributed by atoms with Crippen LogP contribution in [0.2, 0.25) is 0 Å². The van der Waals surface area contributed by atoms with E-state index in [4.69, 9.17) is 5.73 Å². The van der Waals surface area contributed by atoms with Crippen LogP contribution in [-0.4, -0.2) is 54.6 Å². The molecule has 1 aliphatic rings. The molecular formula is C15H20F3N3O. The van der Waals surface area contributed by atoms with Crippen LogP contribution in [0.15, 0.2) is 24.3 Å². The first kappa shape index (κ1) is 16.6. The number of nitrogen functional groups attached to an aromatic ring is 1. The highest BCUT2D eigenvalue weighted by Crippen LogP contribution is 2.18. The van der Waals surface area contributed by atoms with E-state index in [1.54, 1.807) is 29.2 Å². The van der Waals surface area contributed by atoms with Gasteiger partial charge >= 0.3 is 6.18 Å². The normalized spacial score (nSPS) is 17.3. The molecule has 1 aromatic carbocycles. The molecule has 0 bridgehead atoms. The summed E-state index contributed by atoms with van der Waals surface area (Å²) < 4.78 is 37.2. The number of alkyl halides is 3. The minimum atomic E-state index is -4.19. The Bertz CT molecular complexity index is 502. The molecular weight excluding hydrogens is 295 g/mol. The Morgan fingerprint density at radius 2 is 1.77 bits per heavy atom. The van der Waals surface area contributed by atoms with Crippen molar-refractivity contribution in [3.63, 3.8) is 0 Å². The van der Waals surface area contributed by atoms with E-state index < -0.39 is 12.7 Å². The number of benzene rings is 1. The second-order valence-electron chi connectivity index (χ2n) is 5.54. The van der Waals surface area contributed by atoms with E-state index in [-0.39, 0.29) is 18.9 Å². The molecule has 2 N–H and O–H groups in total. The Balaban J connectivity index is 1.87. The Labute approximate surface area is 127 Å². The van der Waals surface area contributed by atoms with Gasteiger partial charge in [-0.25, -0.2) is 0 Å². The molecule has 0 aliphatic carbocycles. The number of amides is 1. The summed E-state index contributed by atoms with van der Waals surface area (Å²) in [5.74, 6) is -0.0568. The fourth-order valence-electron chi connectivity index (χ4n) is 2.55. The van der Waals surface area contributed by atoms with Gasteiger partial charge in [-0.1, -0.05) is 12.1 Å². The van der Waals surface area contributed by atoms with Gasteiger partial charge in [-0.3, -0.25) is 9.69 Å². The lowest BCUT2D eigenvalue weighted by molar-refractivity contribution is -0.145. The molecule has 0 saturated carbocycles. The van der Waals surface area contributed by atoms with Gasteiger partial charge in [0, 0.05) is 31.9 Å². The number of nitrogens with zero attached hydrogens (tertiary/aromatic N) is 2. The van der Waals surface area contributed by atoms with Crippen LogP contribution in [0.3, 0.4) is 0 Å². The van der Waals surface area contributed by atoms with Crippen LogP contribution < -0.4 is 5.73 Å². The van der Waals surface area contributed by atoms with Crippen molar-refractivity contribution in [2.75, 3.05) is 38.5 Å². The third-order valence-electron chi connectivity index (χ3n) is 3.68. The van der Waals surface area contributed by atoms with Crippen LogP contribution in [0.5, 0.6) is 0 Å². The Hall–Kier alpha value is -1.76. The number of anilines is 1. The molecule has 1 amide bonds. The van der Waals surface area contributed by atoms with E-state index in [1.165, 1.54) is 4.90 Å². The van der Waals surface area contributed by atoms with Gasteiger partial charge in [0.25, 0.3) is 0 Å². The quantitative estimate of drug-likeness (QED) is 0.867. The Kier molecular flexibility index (Phi) is 5.28. The van der Waals surface area contributed by atoms with Crippen molar-refractivity contribution in [1.82, 2.24) is 9.80 Å². The zero-order chi connectivity index (χ0) is 16.2. The van der Waals surface area contributed by atoms with Crippen LogP contribution >= 0.6 is 0 Å². The summed E-state index contributed by atoms with van der Waals surface area (Å²) >= 11 is 0. The first-order valence-electron chi connectivity index (χ1n) is 7.25. The molecule has 7 heteroatoms. The van der Waals surface area contributed by atoms with Gasteiger partial charge in [0.1, 0.15) is 0 Å². The van der Waals surface area contributed by atoms with Crippen molar-refractivity contribution in [1.29, 1.82) is 0 Å². The van der Waals surface area contributed by atoms with Crippen molar-refractivity contribution in [3.05, 3.63) is 29.8 Å². The number of hydrogen-bond donors (Lipinski definition) is 1. The number of nitrogens with two attached hydrogens (primary N) is 1. The van der Waals surface area contributed by atoms with E-state index in [2.05, 4.69) is 0 Å². The lowest BCUT2D eigenvalue weighted by Gasteiger charge is -2.22. The van der Waals surface area contributed by atoms with Gasteiger partial charge in [0.05, 0.1) is 13.0 Å². The molecule has 122 valence electrons. The first-order valence-corrected chi connectivity index (χ1v) is 7.25. The third-order valence-corrected chi connectivity index (χ3v) is 3.68. The van der Waals surface area contributed by atoms with Crippen LogP contribution in [0.4, 0.5) is 18.9 Å². The standard InChI is InChI=1S/C15H20F3N3O/c16-15(17,18)11-20-6-1-7-21(9-8-20)14(22)10-12-2-4-13(19)5-3-12/h2-5H,1,6-11,19H2. The summed E-state index contributed by atoms with van der Waals surface area (Å²) in [4.78, 5) is 15.3. The smallest absolute Gasteiger partial charge is 0.399 e. The van der Waals surface area contributed by atoms with Gasteiger partial charge in [-0.2, -0.15) is 13.2 Å². The highest BCUT2D eigenvalue weighted by Gasteiger charge is 2.31. The zero-order valence-corrected chi connectivity index (χ0v) is 12.3. The van der Waals surface area contributed by atoms with Crippen LogP contribution in [0.25, 0.3) is 0 Å². The fraction of sp³-hybridized carbons (Fsp3) is 0.533. The average Bonchev–Trinajstić information content (AvgIpc) is 2.65. The first-order chi connectivity index (χ1) is 10.3. The molecule has 1 heterocycles.